The first-order chi connectivity index (χ1) is 48.4. The maximum atomic E-state index is 9.69. The molecule has 98 heavy (non-hydrogen) atoms. The lowest BCUT2D eigenvalue weighted by Gasteiger charge is -2.28. The number of nitrogens with zero attached hydrogens (tertiary/aromatic N) is 4. The minimum atomic E-state index is -0.276. The third-order valence-electron chi connectivity index (χ3n) is 23.0. The summed E-state index contributed by atoms with van der Waals surface area (Å²) in [5, 5.41) is 32.5. The summed E-state index contributed by atoms with van der Waals surface area (Å²) in [7, 11) is 0. The second-order valence-electron chi connectivity index (χ2n) is 28.0. The molecule has 1 aliphatic rings. The zero-order chi connectivity index (χ0) is 64.0. The van der Waals surface area contributed by atoms with Crippen LogP contribution in [-0.4, -0.2) is 13.2 Å². The predicted molar refractivity (Wildman–Crippen MR) is 411 cm³/mol. The van der Waals surface area contributed by atoms with Crippen LogP contribution in [0.5, 0.6) is 0 Å². The normalized spacial score (nSPS) is 14.2. The van der Waals surface area contributed by atoms with Crippen LogP contribution < -0.4 is 0 Å². The molecule has 1 aliphatic carbocycles. The van der Waals surface area contributed by atoms with Gasteiger partial charge in [0, 0.05) is 70.0 Å². The molecule has 23 rings (SSSR count). The smallest absolute Gasteiger partial charge is 0.0991 e. The van der Waals surface area contributed by atoms with Crippen LogP contribution in [-0.2, 0) is 11.8 Å². The van der Waals surface area contributed by atoms with Gasteiger partial charge in [-0.05, 0) is 208 Å². The molecule has 4 heteroatoms. The van der Waals surface area contributed by atoms with Crippen LogP contribution in [0.2, 0.25) is 0 Å². The van der Waals surface area contributed by atoms with Crippen LogP contribution in [0.1, 0.15) is 29.2 Å². The van der Waals surface area contributed by atoms with Gasteiger partial charge in [-0.3, -0.25) is 0 Å². The SMILES string of the molecule is CC1(Cc2ccc3c(c2)c2ccccc2c2ccc(-c4ccc5c(c4)c4cc(-c6ccc7c(c6)c6cccc8c9cc(-c%10cccc(C#N)c%10)ccc9n7c86)cc6c7ccccc7n5c64)cc23)c2ccccc2-c2ccc(-c3ccc4c(c3)c3cccc5c6ccccc6n4c53)cc21. The molecule has 6 heterocycles. The van der Waals surface area contributed by atoms with Crippen LogP contribution in [0.3, 0.4) is 0 Å². The van der Waals surface area contributed by atoms with E-state index >= 15 is 0 Å². The van der Waals surface area contributed by atoms with Crippen molar-refractivity contribution in [3.8, 4) is 61.7 Å². The Bertz CT molecular complexity index is 7370. The first-order valence-corrected chi connectivity index (χ1v) is 34.1. The highest BCUT2D eigenvalue weighted by Crippen LogP contribution is 2.53. The maximum absolute atomic E-state index is 9.69. The van der Waals surface area contributed by atoms with Crippen LogP contribution in [0.15, 0.2) is 297 Å². The Morgan fingerprint density at radius 2 is 0.622 bits per heavy atom. The maximum Gasteiger partial charge on any atom is 0.0991 e. The average molecular weight is 1240 g/mol. The highest BCUT2D eigenvalue weighted by atomic mass is 14.9. The van der Waals surface area contributed by atoms with Gasteiger partial charge < -0.3 is 13.2 Å². The van der Waals surface area contributed by atoms with E-state index in [2.05, 4.69) is 305 Å². The lowest BCUT2D eigenvalue weighted by molar-refractivity contribution is 0.583. The molecular formula is C94H54N4. The van der Waals surface area contributed by atoms with Gasteiger partial charge in [0.15, 0.2) is 0 Å². The quantitative estimate of drug-likeness (QED) is 0.153. The molecular weight excluding hydrogens is 1190 g/mol. The van der Waals surface area contributed by atoms with Gasteiger partial charge in [-0.2, -0.15) is 5.26 Å². The summed E-state index contributed by atoms with van der Waals surface area (Å²) in [5.74, 6) is 0. The molecule has 0 saturated heterocycles. The van der Waals surface area contributed by atoms with E-state index in [0.29, 0.717) is 5.56 Å². The number of hydrogen-bond acceptors (Lipinski definition) is 1. The van der Waals surface area contributed by atoms with Gasteiger partial charge in [0.25, 0.3) is 0 Å². The van der Waals surface area contributed by atoms with Crippen LogP contribution in [0, 0.1) is 11.3 Å². The number of hydrogen-bond donors (Lipinski definition) is 0. The van der Waals surface area contributed by atoms with Crippen molar-refractivity contribution in [3.05, 3.63) is 320 Å². The number of nitriles is 1. The largest absolute Gasteiger partial charge is 0.308 e. The number of benzene rings is 16. The first kappa shape index (κ1) is 52.6. The zero-order valence-corrected chi connectivity index (χ0v) is 53.3. The third kappa shape index (κ3) is 6.81. The standard InChI is InChI=1S/C94H54N4/c1-94(83-24-7-4-17-67(83)68-36-29-61(50-84(68)94)59-32-38-87-78(45-59)72-21-11-20-71-69-18-5-8-25-85(69)96(87)91(71)72)51-53-27-34-66-75(42-53)64-16-3-2-15-63(64)65-35-28-56(43-76(65)66)58-31-39-90-80(46-58)82-49-62(48-81-70-19-6-9-26-86(70)97(90)93(81)82)60-33-40-89-79(47-60)74-23-12-22-73-77-44-57(30-37-88(77)98(89)92(73)74)55-14-10-13-54(41-55)52-95/h2-50H,51H2,1H3. The molecule has 0 amide bonds. The number of rotatable bonds is 6. The number of aromatic nitrogens is 3. The van der Waals surface area contributed by atoms with E-state index < -0.39 is 0 Å². The Kier molecular flexibility index (Phi) is 10.1. The Hall–Kier alpha value is -12.8. The Morgan fingerprint density at radius 1 is 0.255 bits per heavy atom. The molecule has 4 nitrogen and oxygen atoms in total. The monoisotopic (exact) mass is 1240 g/mol. The van der Waals surface area contributed by atoms with Crippen molar-refractivity contribution in [2.75, 3.05) is 0 Å². The lowest BCUT2D eigenvalue weighted by Crippen LogP contribution is -2.24. The average Bonchev–Trinajstić information content (AvgIpc) is 1.55. The molecule has 0 fully saturated rings. The van der Waals surface area contributed by atoms with E-state index in [1.54, 1.807) is 0 Å². The molecule has 0 bridgehead atoms. The van der Waals surface area contributed by atoms with Crippen LogP contribution >= 0.6 is 0 Å². The molecule has 0 N–H and O–H groups in total. The van der Waals surface area contributed by atoms with Crippen molar-refractivity contribution in [2.45, 2.75) is 18.8 Å². The molecule has 22 aromatic rings. The van der Waals surface area contributed by atoms with E-state index in [1.165, 1.54) is 208 Å². The summed E-state index contributed by atoms with van der Waals surface area (Å²) in [6, 6.07) is 114. The Labute approximate surface area is 561 Å². The summed E-state index contributed by atoms with van der Waals surface area (Å²) in [6.45, 7) is 2.49. The highest BCUT2D eigenvalue weighted by Gasteiger charge is 2.40. The van der Waals surface area contributed by atoms with Gasteiger partial charge in [-0.1, -0.05) is 207 Å². The second-order valence-corrected chi connectivity index (χ2v) is 28.0. The summed E-state index contributed by atoms with van der Waals surface area (Å²) >= 11 is 0. The van der Waals surface area contributed by atoms with E-state index in [0.717, 1.165) is 17.5 Å². The molecule has 0 spiro atoms. The molecule has 450 valence electrons. The van der Waals surface area contributed by atoms with Gasteiger partial charge >= 0.3 is 0 Å². The highest BCUT2D eigenvalue weighted by molar-refractivity contribution is 6.29. The minimum Gasteiger partial charge on any atom is -0.308 e. The second kappa shape index (κ2) is 18.8. The van der Waals surface area contributed by atoms with Gasteiger partial charge in [-0.15, -0.1) is 0 Å². The van der Waals surface area contributed by atoms with Crippen molar-refractivity contribution in [2.24, 2.45) is 0 Å². The molecule has 1 unspecified atom stereocenters. The minimum absolute atomic E-state index is 0.276. The Morgan fingerprint density at radius 3 is 1.23 bits per heavy atom. The van der Waals surface area contributed by atoms with Crippen molar-refractivity contribution in [3.63, 3.8) is 0 Å². The van der Waals surface area contributed by atoms with Crippen molar-refractivity contribution < 1.29 is 0 Å². The molecule has 0 saturated carbocycles. The van der Waals surface area contributed by atoms with Gasteiger partial charge in [-0.25, -0.2) is 0 Å². The van der Waals surface area contributed by atoms with Crippen molar-refractivity contribution >= 4 is 147 Å². The summed E-state index contributed by atoms with van der Waals surface area (Å²) in [4.78, 5) is 0. The van der Waals surface area contributed by atoms with E-state index in [9.17, 15) is 5.26 Å². The van der Waals surface area contributed by atoms with Gasteiger partial charge in [0.05, 0.1) is 61.3 Å². The topological polar surface area (TPSA) is 37.0 Å². The van der Waals surface area contributed by atoms with Crippen LogP contribution in [0.4, 0.5) is 0 Å². The predicted octanol–water partition coefficient (Wildman–Crippen LogP) is 24.7. The van der Waals surface area contributed by atoms with Crippen molar-refractivity contribution in [1.29, 1.82) is 5.26 Å². The van der Waals surface area contributed by atoms with E-state index in [1.807, 2.05) is 18.2 Å². The summed E-state index contributed by atoms with van der Waals surface area (Å²) in [5.41, 5.74) is 27.8. The van der Waals surface area contributed by atoms with Crippen molar-refractivity contribution in [1.82, 2.24) is 13.2 Å². The number of para-hydroxylation sites is 4. The lowest BCUT2D eigenvalue weighted by atomic mass is 9.74. The molecule has 1 atom stereocenters. The van der Waals surface area contributed by atoms with Gasteiger partial charge in [0.1, 0.15) is 0 Å². The summed E-state index contributed by atoms with van der Waals surface area (Å²) in [6.07, 6.45) is 0.859. The fourth-order valence-corrected chi connectivity index (χ4v) is 18.7. The Balaban J connectivity index is 0.635. The fourth-order valence-electron chi connectivity index (χ4n) is 18.7. The summed E-state index contributed by atoms with van der Waals surface area (Å²) < 4.78 is 7.43. The fraction of sp³-hybridized carbons (Fsp3) is 0.0319. The molecule has 0 aliphatic heterocycles. The zero-order valence-electron chi connectivity index (χ0n) is 53.3. The third-order valence-corrected chi connectivity index (χ3v) is 23.0. The van der Waals surface area contributed by atoms with Gasteiger partial charge in [0.2, 0.25) is 0 Å². The first-order valence-electron chi connectivity index (χ1n) is 34.1. The molecule has 6 aromatic heterocycles. The number of fused-ring (bicyclic) bond motifs is 27. The van der Waals surface area contributed by atoms with E-state index in [4.69, 9.17) is 0 Å². The van der Waals surface area contributed by atoms with E-state index in [-0.39, 0.29) is 5.41 Å². The molecule has 16 aromatic carbocycles. The molecule has 0 radical (unpaired) electrons. The van der Waals surface area contributed by atoms with Crippen LogP contribution in [0.25, 0.3) is 202 Å².